The lowest BCUT2D eigenvalue weighted by Crippen LogP contribution is -2.58. The number of phenols is 1. The molecule has 11 N–H and O–H groups in total. The monoisotopic (exact) mass is 561 g/mol. The normalized spacial score (nSPS) is 13.7. The summed E-state index contributed by atoms with van der Waals surface area (Å²) in [5.74, 6) is -6.51. The summed E-state index contributed by atoms with van der Waals surface area (Å²) in [6.45, 7) is 0. The molecule has 0 aliphatic rings. The quantitative estimate of drug-likeness (QED) is 0.103. The van der Waals surface area contributed by atoms with Gasteiger partial charge in [-0.3, -0.25) is 24.0 Å². The molecule has 0 radical (unpaired) electrons. The summed E-state index contributed by atoms with van der Waals surface area (Å²) in [7, 11) is 0. The number of H-pyrrole nitrogens is 1. The van der Waals surface area contributed by atoms with Crippen molar-refractivity contribution in [2.24, 2.45) is 11.5 Å². The van der Waals surface area contributed by atoms with E-state index in [2.05, 4.69) is 25.9 Å². The largest absolute Gasteiger partial charge is 0.508 e. The molecular weight excluding hydrogens is 530 g/mol. The maximum absolute atomic E-state index is 13.2. The van der Waals surface area contributed by atoms with Crippen molar-refractivity contribution in [2.45, 2.75) is 56.3 Å². The molecule has 16 nitrogen and oxygen atoms in total. The predicted molar refractivity (Wildman–Crippen MR) is 136 cm³/mol. The van der Waals surface area contributed by atoms with Gasteiger partial charge in [-0.25, -0.2) is 9.78 Å². The zero-order valence-electron chi connectivity index (χ0n) is 21.2. The number of carbonyl (C=O) groups excluding carboxylic acids is 4. The van der Waals surface area contributed by atoms with E-state index in [0.717, 1.165) is 0 Å². The first kappa shape index (κ1) is 31.2. The van der Waals surface area contributed by atoms with Crippen LogP contribution in [0, 0.1) is 0 Å². The molecule has 4 amide bonds. The fraction of sp³-hybridized carbons (Fsp3) is 0.375. The van der Waals surface area contributed by atoms with E-state index in [1.165, 1.54) is 24.7 Å². The summed E-state index contributed by atoms with van der Waals surface area (Å²) in [6.07, 6.45) is 0.964. The number of imidazole rings is 1. The number of carboxylic acid groups (broad SMARTS) is 2. The number of nitrogens with one attached hydrogen (secondary N) is 4. The first-order valence-corrected chi connectivity index (χ1v) is 12.0. The Morgan fingerprint density at radius 3 is 2.02 bits per heavy atom. The Morgan fingerprint density at radius 2 is 1.48 bits per heavy atom. The zero-order chi connectivity index (χ0) is 29.8. The van der Waals surface area contributed by atoms with E-state index < -0.39 is 79.0 Å². The highest BCUT2D eigenvalue weighted by atomic mass is 16.4. The summed E-state index contributed by atoms with van der Waals surface area (Å²) in [5, 5.41) is 34.4. The van der Waals surface area contributed by atoms with Gasteiger partial charge in [0.15, 0.2) is 0 Å². The number of hydrogen-bond donors (Lipinski definition) is 9. The fourth-order valence-corrected chi connectivity index (χ4v) is 3.56. The van der Waals surface area contributed by atoms with Gasteiger partial charge in [-0.15, -0.1) is 0 Å². The second-order valence-corrected chi connectivity index (χ2v) is 8.88. The van der Waals surface area contributed by atoms with Crippen molar-refractivity contribution in [1.82, 2.24) is 25.9 Å². The van der Waals surface area contributed by atoms with E-state index >= 15 is 0 Å². The van der Waals surface area contributed by atoms with Gasteiger partial charge in [0.05, 0.1) is 18.8 Å². The Hall–Kier alpha value is -4.99. The molecule has 0 saturated carbocycles. The van der Waals surface area contributed by atoms with E-state index in [-0.39, 0.29) is 18.6 Å². The van der Waals surface area contributed by atoms with Crippen LogP contribution < -0.4 is 27.4 Å². The van der Waals surface area contributed by atoms with Crippen LogP contribution in [0.1, 0.15) is 30.5 Å². The maximum Gasteiger partial charge on any atom is 0.326 e. The Kier molecular flexibility index (Phi) is 11.6. The van der Waals surface area contributed by atoms with E-state index in [9.17, 15) is 39.0 Å². The maximum atomic E-state index is 13.2. The number of aromatic amines is 1. The minimum absolute atomic E-state index is 0.0316. The molecule has 1 heterocycles. The van der Waals surface area contributed by atoms with Gasteiger partial charge in [-0.2, -0.15) is 0 Å². The van der Waals surface area contributed by atoms with Crippen LogP contribution in [0.15, 0.2) is 36.8 Å². The van der Waals surface area contributed by atoms with Crippen LogP contribution in [0.5, 0.6) is 5.75 Å². The van der Waals surface area contributed by atoms with Gasteiger partial charge >= 0.3 is 11.9 Å². The Bertz CT molecular complexity index is 1200. The van der Waals surface area contributed by atoms with Crippen LogP contribution in [0.3, 0.4) is 0 Å². The molecule has 1 aromatic carbocycles. The second-order valence-electron chi connectivity index (χ2n) is 8.88. The topological polar surface area (TPSA) is 280 Å². The number of benzene rings is 1. The van der Waals surface area contributed by atoms with Crippen molar-refractivity contribution in [3.63, 3.8) is 0 Å². The van der Waals surface area contributed by atoms with E-state index in [0.29, 0.717) is 11.3 Å². The highest BCUT2D eigenvalue weighted by Gasteiger charge is 2.31. The number of aliphatic carboxylic acids is 2. The molecule has 0 fully saturated rings. The third-order valence-corrected chi connectivity index (χ3v) is 5.64. The number of phenolic OH excluding ortho intramolecular Hbond substituents is 1. The second kappa shape index (κ2) is 14.8. The molecule has 40 heavy (non-hydrogen) atoms. The highest BCUT2D eigenvalue weighted by Crippen LogP contribution is 2.11. The van der Waals surface area contributed by atoms with Crippen LogP contribution in [0.4, 0.5) is 0 Å². The summed E-state index contributed by atoms with van der Waals surface area (Å²) in [4.78, 5) is 79.3. The molecule has 1 aromatic heterocycles. The van der Waals surface area contributed by atoms with E-state index in [1.807, 2.05) is 0 Å². The lowest BCUT2D eigenvalue weighted by Gasteiger charge is -2.24. The molecular formula is C24H31N7O9. The summed E-state index contributed by atoms with van der Waals surface area (Å²) in [5.41, 5.74) is 12.3. The van der Waals surface area contributed by atoms with E-state index in [1.54, 1.807) is 12.1 Å². The van der Waals surface area contributed by atoms with Gasteiger partial charge < -0.3 is 47.7 Å². The van der Waals surface area contributed by atoms with Gasteiger partial charge in [0.2, 0.25) is 23.6 Å². The fourth-order valence-electron chi connectivity index (χ4n) is 3.56. The van der Waals surface area contributed by atoms with Crippen molar-refractivity contribution in [2.75, 3.05) is 0 Å². The molecule has 0 aliphatic heterocycles. The molecule has 4 atom stereocenters. The number of nitrogens with zero attached hydrogens (tertiary/aromatic N) is 1. The third-order valence-electron chi connectivity index (χ3n) is 5.64. The van der Waals surface area contributed by atoms with Crippen molar-refractivity contribution < 1.29 is 44.1 Å². The lowest BCUT2D eigenvalue weighted by molar-refractivity contribution is -0.143. The molecule has 0 aliphatic carbocycles. The number of carboxylic acids is 2. The SMILES string of the molecule is NC(=O)CC(NC(=O)C(Cc1cnc[nH]1)NC(=O)C(N)Cc1ccc(O)cc1)C(=O)NC(CCC(=O)O)C(=O)O. The molecule has 216 valence electrons. The highest BCUT2D eigenvalue weighted by molar-refractivity contribution is 5.96. The lowest BCUT2D eigenvalue weighted by atomic mass is 10.0. The molecule has 0 spiro atoms. The number of aromatic nitrogens is 2. The zero-order valence-corrected chi connectivity index (χ0v) is 21.2. The van der Waals surface area contributed by atoms with Gasteiger partial charge in [0.25, 0.3) is 0 Å². The standard InChI is InChI=1S/C24H31N7O9/c25-15(7-12-1-3-14(32)4-2-12)21(36)30-17(8-13-10-27-11-28-13)22(37)31-18(9-19(26)33)23(38)29-16(24(39)40)5-6-20(34)35/h1-4,10-11,15-18,32H,5-9,25H2,(H2,26,33)(H,27,28)(H,29,38)(H,30,36)(H,31,37)(H,34,35)(H,39,40). The summed E-state index contributed by atoms with van der Waals surface area (Å²) in [6, 6.07) is 0.333. The number of hydrogen-bond acceptors (Lipinski definition) is 9. The number of carbonyl (C=O) groups is 6. The summed E-state index contributed by atoms with van der Waals surface area (Å²) >= 11 is 0. The van der Waals surface area contributed by atoms with Crippen LogP contribution in [-0.4, -0.2) is 85.0 Å². The number of rotatable bonds is 16. The minimum Gasteiger partial charge on any atom is -0.508 e. The van der Waals surface area contributed by atoms with Gasteiger partial charge in [0, 0.05) is 24.7 Å². The molecule has 2 aromatic rings. The number of aromatic hydroxyl groups is 1. The number of nitrogens with two attached hydrogens (primary N) is 2. The van der Waals surface area contributed by atoms with Crippen LogP contribution in [0.2, 0.25) is 0 Å². The molecule has 4 unspecified atom stereocenters. The predicted octanol–water partition coefficient (Wildman–Crippen LogP) is -2.49. The Labute approximate surface area is 227 Å². The Morgan fingerprint density at radius 1 is 0.875 bits per heavy atom. The summed E-state index contributed by atoms with van der Waals surface area (Å²) < 4.78 is 0. The first-order chi connectivity index (χ1) is 18.8. The number of amides is 4. The molecule has 2 rings (SSSR count). The first-order valence-electron chi connectivity index (χ1n) is 12.0. The molecule has 16 heteroatoms. The van der Waals surface area contributed by atoms with Gasteiger partial charge in [-0.05, 0) is 30.5 Å². The smallest absolute Gasteiger partial charge is 0.326 e. The minimum atomic E-state index is -1.64. The van der Waals surface area contributed by atoms with E-state index in [4.69, 9.17) is 16.6 Å². The van der Waals surface area contributed by atoms with Gasteiger partial charge in [-0.1, -0.05) is 12.1 Å². The molecule has 0 saturated heterocycles. The number of primary amides is 1. The third kappa shape index (κ3) is 10.4. The van der Waals surface area contributed by atoms with Crippen molar-refractivity contribution in [1.29, 1.82) is 0 Å². The van der Waals surface area contributed by atoms with Crippen molar-refractivity contribution in [3.05, 3.63) is 48.0 Å². The van der Waals surface area contributed by atoms with Crippen molar-refractivity contribution >= 4 is 35.6 Å². The average Bonchev–Trinajstić information content (AvgIpc) is 3.39. The van der Waals surface area contributed by atoms with Gasteiger partial charge in [0.1, 0.15) is 23.9 Å². The average molecular weight is 562 g/mol. The Balaban J connectivity index is 2.17. The van der Waals surface area contributed by atoms with Crippen LogP contribution in [0.25, 0.3) is 0 Å². The molecule has 0 bridgehead atoms. The van der Waals surface area contributed by atoms with Crippen LogP contribution in [-0.2, 0) is 41.6 Å². The van der Waals surface area contributed by atoms with Crippen molar-refractivity contribution in [3.8, 4) is 5.75 Å². The van der Waals surface area contributed by atoms with Crippen LogP contribution >= 0.6 is 0 Å².